The van der Waals surface area contributed by atoms with E-state index in [2.05, 4.69) is 14.7 Å². The smallest absolute Gasteiger partial charge is 0.493 e. The van der Waals surface area contributed by atoms with Crippen molar-refractivity contribution in [2.45, 2.75) is 31.2 Å². The van der Waals surface area contributed by atoms with E-state index in [1.54, 1.807) is 12.1 Å². The second kappa shape index (κ2) is 10.1. The molecular weight excluding hydrogens is 481 g/mol. The van der Waals surface area contributed by atoms with Gasteiger partial charge in [-0.3, -0.25) is 4.79 Å². The molecule has 1 aliphatic heterocycles. The zero-order valence-corrected chi connectivity index (χ0v) is 19.6. The van der Waals surface area contributed by atoms with Crippen LogP contribution in [0, 0.1) is 0 Å². The summed E-state index contributed by atoms with van der Waals surface area (Å²) in [6.07, 6.45) is -3.59. The van der Waals surface area contributed by atoms with Gasteiger partial charge in [-0.2, -0.15) is 0 Å². The first-order chi connectivity index (χ1) is 17.1. The highest BCUT2D eigenvalue weighted by Gasteiger charge is 2.33. The molecule has 0 bridgehead atoms. The van der Waals surface area contributed by atoms with Crippen LogP contribution in [0.15, 0.2) is 36.7 Å². The van der Waals surface area contributed by atoms with Crippen LogP contribution in [-0.2, 0) is 0 Å². The Kier molecular flexibility index (Phi) is 7.07. The molecule has 192 valence electrons. The Hall–Kier alpha value is -3.80. The second-order valence-electron chi connectivity index (χ2n) is 8.33. The molecule has 2 heterocycles. The SMILES string of the molecule is COc1cc2ncnc(C3CCN(C(=O)c4ccc(OC(F)(F)F)c(N)c4)CCC3O)c2cc1OC. The minimum atomic E-state index is -4.89. The number of amides is 1. The van der Waals surface area contributed by atoms with E-state index in [4.69, 9.17) is 15.2 Å². The molecule has 2 aromatic carbocycles. The number of ether oxygens (including phenoxy) is 3. The Bertz CT molecular complexity index is 1270. The number of hydrogen-bond donors (Lipinski definition) is 2. The third kappa shape index (κ3) is 5.23. The quantitative estimate of drug-likeness (QED) is 0.505. The molecule has 1 saturated heterocycles. The lowest BCUT2D eigenvalue weighted by atomic mass is 9.91. The van der Waals surface area contributed by atoms with Crippen molar-refractivity contribution in [1.82, 2.24) is 14.9 Å². The van der Waals surface area contributed by atoms with Crippen molar-refractivity contribution in [2.75, 3.05) is 33.0 Å². The van der Waals surface area contributed by atoms with E-state index < -0.39 is 24.1 Å². The highest BCUT2D eigenvalue weighted by atomic mass is 19.4. The summed E-state index contributed by atoms with van der Waals surface area (Å²) in [7, 11) is 3.04. The van der Waals surface area contributed by atoms with Crippen LogP contribution in [0.4, 0.5) is 18.9 Å². The molecule has 4 rings (SSSR count). The molecule has 9 nitrogen and oxygen atoms in total. The van der Waals surface area contributed by atoms with Gasteiger partial charge in [0.1, 0.15) is 6.33 Å². The zero-order chi connectivity index (χ0) is 26.0. The topological polar surface area (TPSA) is 120 Å². The van der Waals surface area contributed by atoms with E-state index in [0.717, 1.165) is 12.1 Å². The van der Waals surface area contributed by atoms with Gasteiger partial charge in [0.2, 0.25) is 0 Å². The lowest BCUT2D eigenvalue weighted by Gasteiger charge is -2.22. The monoisotopic (exact) mass is 506 g/mol. The summed E-state index contributed by atoms with van der Waals surface area (Å²) in [5.74, 6) is -0.366. The van der Waals surface area contributed by atoms with E-state index in [9.17, 15) is 23.1 Å². The maximum Gasteiger partial charge on any atom is 0.573 e. The first-order valence-electron chi connectivity index (χ1n) is 11.1. The van der Waals surface area contributed by atoms with Crippen LogP contribution >= 0.6 is 0 Å². The van der Waals surface area contributed by atoms with Crippen molar-refractivity contribution >= 4 is 22.5 Å². The number of nitrogens with two attached hydrogens (primary N) is 1. The molecule has 0 saturated carbocycles. The second-order valence-corrected chi connectivity index (χ2v) is 8.33. The minimum Gasteiger partial charge on any atom is -0.493 e. The van der Waals surface area contributed by atoms with Gasteiger partial charge in [-0.1, -0.05) is 0 Å². The van der Waals surface area contributed by atoms with Gasteiger partial charge in [0.05, 0.1) is 37.2 Å². The van der Waals surface area contributed by atoms with E-state index in [1.165, 1.54) is 31.5 Å². The van der Waals surface area contributed by atoms with Crippen molar-refractivity contribution in [1.29, 1.82) is 0 Å². The molecule has 3 N–H and O–H groups in total. The number of benzene rings is 2. The summed E-state index contributed by atoms with van der Waals surface area (Å²) in [5.41, 5.74) is 6.75. The van der Waals surface area contributed by atoms with Crippen LogP contribution in [0.1, 0.15) is 34.8 Å². The van der Waals surface area contributed by atoms with Gasteiger partial charge < -0.3 is 30.0 Å². The Balaban J connectivity index is 1.57. The fourth-order valence-electron chi connectivity index (χ4n) is 4.39. The summed E-state index contributed by atoms with van der Waals surface area (Å²) < 4.78 is 52.1. The normalized spacial score (nSPS) is 18.6. The van der Waals surface area contributed by atoms with Crippen LogP contribution in [0.5, 0.6) is 17.2 Å². The van der Waals surface area contributed by atoms with Gasteiger partial charge in [0, 0.05) is 36.0 Å². The maximum absolute atomic E-state index is 13.1. The van der Waals surface area contributed by atoms with Gasteiger partial charge in [-0.15, -0.1) is 13.2 Å². The fourth-order valence-corrected chi connectivity index (χ4v) is 4.39. The molecule has 3 aromatic rings. The van der Waals surface area contributed by atoms with Crippen molar-refractivity contribution in [3.63, 3.8) is 0 Å². The number of nitrogens with zero attached hydrogens (tertiary/aromatic N) is 3. The number of aliphatic hydroxyl groups excluding tert-OH is 1. The number of nitrogen functional groups attached to an aromatic ring is 1. The Morgan fingerprint density at radius 3 is 2.42 bits per heavy atom. The molecule has 0 radical (unpaired) electrons. The number of alkyl halides is 3. The van der Waals surface area contributed by atoms with Crippen molar-refractivity contribution in [3.8, 4) is 17.2 Å². The summed E-state index contributed by atoms with van der Waals surface area (Å²) in [6.45, 7) is 0.539. The average Bonchev–Trinajstić information content (AvgIpc) is 3.04. The number of rotatable bonds is 5. The number of halogens is 3. The Morgan fingerprint density at radius 2 is 1.75 bits per heavy atom. The van der Waals surface area contributed by atoms with Crippen LogP contribution in [0.2, 0.25) is 0 Å². The van der Waals surface area contributed by atoms with Crippen molar-refractivity contribution < 1.29 is 37.3 Å². The first-order valence-corrected chi connectivity index (χ1v) is 11.1. The molecule has 2 unspecified atom stereocenters. The number of methoxy groups -OCH3 is 2. The molecule has 0 aliphatic carbocycles. The number of fused-ring (bicyclic) bond motifs is 1. The molecule has 12 heteroatoms. The van der Waals surface area contributed by atoms with E-state index in [-0.39, 0.29) is 30.1 Å². The number of hydrogen-bond acceptors (Lipinski definition) is 8. The average molecular weight is 506 g/mol. The Morgan fingerprint density at radius 1 is 1.06 bits per heavy atom. The number of likely N-dealkylation sites (tertiary alicyclic amines) is 1. The first kappa shape index (κ1) is 25.3. The standard InChI is InChI=1S/C24H25F3N4O5/c1-34-20-10-15-17(11-21(20)35-2)29-12-30-22(15)14-5-7-31(8-6-18(14)32)23(33)13-3-4-19(16(28)9-13)36-24(25,26)27/h3-4,9-12,14,18,32H,5-8,28H2,1-2H3. The summed E-state index contributed by atoms with van der Waals surface area (Å²) in [4.78, 5) is 23.4. The third-order valence-corrected chi connectivity index (χ3v) is 6.16. The fraction of sp³-hybridized carbons (Fsp3) is 0.375. The largest absolute Gasteiger partial charge is 0.573 e. The van der Waals surface area contributed by atoms with Gasteiger partial charge >= 0.3 is 6.36 Å². The van der Waals surface area contributed by atoms with Gasteiger partial charge in [0.25, 0.3) is 5.91 Å². The summed E-state index contributed by atoms with van der Waals surface area (Å²) in [6, 6.07) is 6.89. The van der Waals surface area contributed by atoms with Crippen LogP contribution in [0.25, 0.3) is 10.9 Å². The number of aromatic nitrogens is 2. The van der Waals surface area contributed by atoms with Gasteiger partial charge in [-0.25, -0.2) is 9.97 Å². The highest BCUT2D eigenvalue weighted by Crippen LogP contribution is 2.37. The predicted molar refractivity (Wildman–Crippen MR) is 124 cm³/mol. The molecule has 0 spiro atoms. The van der Waals surface area contributed by atoms with Crippen LogP contribution < -0.4 is 19.9 Å². The van der Waals surface area contributed by atoms with Gasteiger partial charge in [0.15, 0.2) is 17.2 Å². The molecule has 1 aromatic heterocycles. The lowest BCUT2D eigenvalue weighted by molar-refractivity contribution is -0.274. The van der Waals surface area contributed by atoms with Crippen LogP contribution in [-0.4, -0.2) is 65.7 Å². The van der Waals surface area contributed by atoms with E-state index in [1.807, 2.05) is 0 Å². The van der Waals surface area contributed by atoms with Crippen LogP contribution in [0.3, 0.4) is 0 Å². The van der Waals surface area contributed by atoms with Crippen molar-refractivity contribution in [2.24, 2.45) is 0 Å². The molecule has 36 heavy (non-hydrogen) atoms. The number of carbonyl (C=O) groups is 1. The number of carbonyl (C=O) groups excluding carboxylic acids is 1. The minimum absolute atomic E-state index is 0.124. The summed E-state index contributed by atoms with van der Waals surface area (Å²) >= 11 is 0. The molecule has 1 amide bonds. The van der Waals surface area contributed by atoms with E-state index >= 15 is 0 Å². The maximum atomic E-state index is 13.1. The molecular formula is C24H25F3N4O5. The lowest BCUT2D eigenvalue weighted by Crippen LogP contribution is -2.32. The van der Waals surface area contributed by atoms with Crippen molar-refractivity contribution in [3.05, 3.63) is 47.9 Å². The molecule has 2 atom stereocenters. The van der Waals surface area contributed by atoms with Gasteiger partial charge in [-0.05, 0) is 37.1 Å². The third-order valence-electron chi connectivity index (χ3n) is 6.16. The molecule has 1 aliphatic rings. The zero-order valence-electron chi connectivity index (χ0n) is 19.6. The molecule has 1 fully saturated rings. The highest BCUT2D eigenvalue weighted by molar-refractivity contribution is 5.95. The van der Waals surface area contributed by atoms with E-state index in [0.29, 0.717) is 41.1 Å². The number of anilines is 1. The summed E-state index contributed by atoms with van der Waals surface area (Å²) in [5, 5.41) is 11.7. The predicted octanol–water partition coefficient (Wildman–Crippen LogP) is 3.51. The number of aliphatic hydroxyl groups is 1. The Labute approximate surface area is 204 Å².